The van der Waals surface area contributed by atoms with Crippen molar-refractivity contribution in [3.63, 3.8) is 0 Å². The van der Waals surface area contributed by atoms with Gasteiger partial charge in [0.2, 0.25) is 0 Å². The Morgan fingerprint density at radius 1 is 1.22 bits per heavy atom. The molecular formula is C13H10ClF2NO. The molecule has 2 rings (SSSR count). The number of hydrogen-bond acceptors (Lipinski definition) is 2. The third-order valence-electron chi connectivity index (χ3n) is 2.52. The van der Waals surface area contributed by atoms with Crippen LogP contribution in [0.1, 0.15) is 17.4 Å². The smallest absolute Gasteiger partial charge is 0.147 e. The number of hydrogen-bond donors (Lipinski definition) is 1. The van der Waals surface area contributed by atoms with E-state index in [4.69, 9.17) is 11.6 Å². The molecule has 0 spiro atoms. The molecule has 1 atom stereocenters. The van der Waals surface area contributed by atoms with Crippen LogP contribution in [0.2, 0.25) is 5.02 Å². The molecule has 2 aromatic rings. The van der Waals surface area contributed by atoms with Crippen molar-refractivity contribution in [1.82, 2.24) is 4.98 Å². The first-order valence-corrected chi connectivity index (χ1v) is 5.68. The molecule has 0 bridgehead atoms. The van der Waals surface area contributed by atoms with E-state index in [1.165, 1.54) is 36.5 Å². The summed E-state index contributed by atoms with van der Waals surface area (Å²) in [7, 11) is 0. The first-order valence-electron chi connectivity index (χ1n) is 5.30. The minimum Gasteiger partial charge on any atom is -0.386 e. The fraction of sp³-hybridized carbons (Fsp3) is 0.154. The molecule has 1 heterocycles. The Kier molecular flexibility index (Phi) is 3.89. The highest BCUT2D eigenvalue weighted by Gasteiger charge is 2.15. The second-order valence-electron chi connectivity index (χ2n) is 3.84. The number of aromatic nitrogens is 1. The van der Waals surface area contributed by atoms with Gasteiger partial charge >= 0.3 is 0 Å². The lowest BCUT2D eigenvalue weighted by Gasteiger charge is -2.11. The predicted octanol–water partition coefficient (Wildman–Crippen LogP) is 3.29. The minimum atomic E-state index is -1.09. The van der Waals surface area contributed by atoms with Gasteiger partial charge in [0.25, 0.3) is 0 Å². The van der Waals surface area contributed by atoms with Crippen LogP contribution in [0.25, 0.3) is 0 Å². The van der Waals surface area contributed by atoms with Crippen LogP contribution in [0.3, 0.4) is 0 Å². The molecule has 0 saturated heterocycles. The summed E-state index contributed by atoms with van der Waals surface area (Å²) in [6.07, 6.45) is 0.431. The summed E-state index contributed by atoms with van der Waals surface area (Å²) in [6, 6.07) is 6.77. The van der Waals surface area contributed by atoms with Crippen molar-refractivity contribution in [3.05, 3.63) is 64.4 Å². The second-order valence-corrected chi connectivity index (χ2v) is 4.25. The largest absolute Gasteiger partial charge is 0.386 e. The average Bonchev–Trinajstić information content (AvgIpc) is 2.34. The Bertz CT molecular complexity index is 562. The van der Waals surface area contributed by atoms with Crippen molar-refractivity contribution >= 4 is 11.6 Å². The van der Waals surface area contributed by atoms with Crippen LogP contribution in [-0.4, -0.2) is 10.1 Å². The Morgan fingerprint density at radius 3 is 2.67 bits per heavy atom. The van der Waals surface area contributed by atoms with Gasteiger partial charge in [0.1, 0.15) is 23.4 Å². The molecule has 0 radical (unpaired) electrons. The van der Waals surface area contributed by atoms with Crippen molar-refractivity contribution in [2.75, 3.05) is 0 Å². The molecule has 1 aromatic heterocycles. The molecule has 1 aromatic carbocycles. The summed E-state index contributed by atoms with van der Waals surface area (Å²) in [5, 5.41) is 9.85. The van der Waals surface area contributed by atoms with E-state index in [-0.39, 0.29) is 17.1 Å². The molecule has 1 unspecified atom stereocenters. The molecule has 1 N–H and O–H groups in total. The summed E-state index contributed by atoms with van der Waals surface area (Å²) < 4.78 is 26.3. The van der Waals surface area contributed by atoms with E-state index in [1.54, 1.807) is 0 Å². The maximum atomic E-state index is 13.4. The Balaban J connectivity index is 2.19. The standard InChI is InChI=1S/C13H10ClF2NO/c14-9-6-8(3-4-10(9)15)7-12(18)13-11(16)2-1-5-17-13/h1-6,12,18H,7H2. The molecule has 0 fully saturated rings. The van der Waals surface area contributed by atoms with E-state index in [0.717, 1.165) is 0 Å². The molecule has 5 heteroatoms. The number of aliphatic hydroxyl groups excluding tert-OH is 1. The van der Waals surface area contributed by atoms with Gasteiger partial charge in [0.05, 0.1) is 5.02 Å². The van der Waals surface area contributed by atoms with Gasteiger partial charge in [0.15, 0.2) is 0 Å². The van der Waals surface area contributed by atoms with Crippen LogP contribution in [0.5, 0.6) is 0 Å². The fourth-order valence-electron chi connectivity index (χ4n) is 1.63. The van der Waals surface area contributed by atoms with Crippen molar-refractivity contribution < 1.29 is 13.9 Å². The summed E-state index contributed by atoms with van der Waals surface area (Å²) in [5.41, 5.74) is 0.580. The molecule has 0 aliphatic carbocycles. The van der Waals surface area contributed by atoms with Gasteiger partial charge in [-0.25, -0.2) is 8.78 Å². The summed E-state index contributed by atoms with van der Waals surface area (Å²) in [4.78, 5) is 3.78. The summed E-state index contributed by atoms with van der Waals surface area (Å²) in [6.45, 7) is 0. The van der Waals surface area contributed by atoms with Crippen molar-refractivity contribution in [2.24, 2.45) is 0 Å². The lowest BCUT2D eigenvalue weighted by Crippen LogP contribution is -2.06. The van der Waals surface area contributed by atoms with Crippen LogP contribution in [0, 0.1) is 11.6 Å². The van der Waals surface area contributed by atoms with Gasteiger partial charge in [-0.1, -0.05) is 17.7 Å². The van der Waals surface area contributed by atoms with Gasteiger partial charge < -0.3 is 5.11 Å². The average molecular weight is 270 g/mol. The highest BCUT2D eigenvalue weighted by molar-refractivity contribution is 6.30. The molecule has 94 valence electrons. The first kappa shape index (κ1) is 12.9. The zero-order valence-corrected chi connectivity index (χ0v) is 10.0. The van der Waals surface area contributed by atoms with E-state index in [9.17, 15) is 13.9 Å². The molecule has 18 heavy (non-hydrogen) atoms. The quantitative estimate of drug-likeness (QED) is 0.927. The Morgan fingerprint density at radius 2 is 2.00 bits per heavy atom. The van der Waals surface area contributed by atoms with E-state index < -0.39 is 17.7 Å². The monoisotopic (exact) mass is 269 g/mol. The van der Waals surface area contributed by atoms with Gasteiger partial charge in [-0.3, -0.25) is 4.98 Å². The highest BCUT2D eigenvalue weighted by Crippen LogP contribution is 2.22. The molecule has 0 amide bonds. The van der Waals surface area contributed by atoms with E-state index in [2.05, 4.69) is 4.98 Å². The zero-order chi connectivity index (χ0) is 13.1. The molecule has 0 saturated carbocycles. The van der Waals surface area contributed by atoms with Crippen LogP contribution in [-0.2, 0) is 6.42 Å². The van der Waals surface area contributed by atoms with E-state index in [0.29, 0.717) is 5.56 Å². The lowest BCUT2D eigenvalue weighted by molar-refractivity contribution is 0.168. The van der Waals surface area contributed by atoms with Crippen molar-refractivity contribution in [1.29, 1.82) is 0 Å². The Hall–Kier alpha value is -1.52. The molecule has 0 aliphatic rings. The van der Waals surface area contributed by atoms with E-state index in [1.807, 2.05) is 0 Å². The summed E-state index contributed by atoms with van der Waals surface area (Å²) in [5.74, 6) is -1.10. The van der Waals surface area contributed by atoms with Gasteiger partial charge in [-0.15, -0.1) is 0 Å². The van der Waals surface area contributed by atoms with E-state index >= 15 is 0 Å². The maximum Gasteiger partial charge on any atom is 0.147 e. The van der Waals surface area contributed by atoms with Gasteiger partial charge in [-0.05, 0) is 29.8 Å². The van der Waals surface area contributed by atoms with Crippen LogP contribution < -0.4 is 0 Å². The summed E-state index contributed by atoms with van der Waals surface area (Å²) >= 11 is 5.63. The van der Waals surface area contributed by atoms with Gasteiger partial charge in [0, 0.05) is 12.6 Å². The normalized spacial score (nSPS) is 12.4. The molecule has 0 aliphatic heterocycles. The zero-order valence-electron chi connectivity index (χ0n) is 9.28. The third kappa shape index (κ3) is 2.83. The first-order chi connectivity index (χ1) is 8.58. The molecule has 2 nitrogen and oxygen atoms in total. The predicted molar refractivity (Wildman–Crippen MR) is 64.3 cm³/mol. The maximum absolute atomic E-state index is 13.4. The number of aliphatic hydroxyl groups is 1. The minimum absolute atomic E-state index is 0.0267. The number of rotatable bonds is 3. The molecular weight excluding hydrogens is 260 g/mol. The van der Waals surface area contributed by atoms with Crippen molar-refractivity contribution in [3.8, 4) is 0 Å². The van der Waals surface area contributed by atoms with Crippen LogP contribution in [0.15, 0.2) is 36.5 Å². The number of benzene rings is 1. The van der Waals surface area contributed by atoms with Crippen LogP contribution >= 0.6 is 11.6 Å². The fourth-order valence-corrected chi connectivity index (χ4v) is 1.83. The van der Waals surface area contributed by atoms with Crippen molar-refractivity contribution in [2.45, 2.75) is 12.5 Å². The Labute approximate surface area is 108 Å². The third-order valence-corrected chi connectivity index (χ3v) is 2.81. The topological polar surface area (TPSA) is 33.1 Å². The highest BCUT2D eigenvalue weighted by atomic mass is 35.5. The van der Waals surface area contributed by atoms with Crippen LogP contribution in [0.4, 0.5) is 8.78 Å². The van der Waals surface area contributed by atoms with Gasteiger partial charge in [-0.2, -0.15) is 0 Å². The second kappa shape index (κ2) is 5.42. The SMILES string of the molecule is OC(Cc1ccc(F)c(Cl)c1)c1ncccc1F. The lowest BCUT2D eigenvalue weighted by atomic mass is 10.0. The number of nitrogens with zero attached hydrogens (tertiary/aromatic N) is 1. The number of halogens is 3. The number of pyridine rings is 1.